The van der Waals surface area contributed by atoms with Gasteiger partial charge in [-0.05, 0) is 126 Å². The zero-order valence-corrected chi connectivity index (χ0v) is 41.9. The molecule has 9 aromatic carbocycles. The van der Waals surface area contributed by atoms with E-state index in [-0.39, 0.29) is 23.0 Å². The van der Waals surface area contributed by atoms with Gasteiger partial charge in [-0.2, -0.15) is 0 Å². The molecule has 2 aliphatic heterocycles. The van der Waals surface area contributed by atoms with Crippen molar-refractivity contribution in [3.05, 3.63) is 211 Å². The van der Waals surface area contributed by atoms with Crippen molar-refractivity contribution < 1.29 is 4.42 Å². The molecule has 10 aromatic rings. The van der Waals surface area contributed by atoms with Gasteiger partial charge in [0.1, 0.15) is 11.2 Å². The summed E-state index contributed by atoms with van der Waals surface area (Å²) in [5.41, 5.74) is 23.5. The van der Waals surface area contributed by atoms with Crippen LogP contribution in [0.1, 0.15) is 79.0 Å². The molecule has 70 heavy (non-hydrogen) atoms. The van der Waals surface area contributed by atoms with Gasteiger partial charge in [0.25, 0.3) is 6.71 Å². The largest absolute Gasteiger partial charge is 0.455 e. The summed E-state index contributed by atoms with van der Waals surface area (Å²) in [7, 11) is 0. The standard InChI is InChI=1S/C66H59BN2O/c1-64(2,3)46-29-32-49(33-30-46)68-58-39-47(65(4,5)6)31-34-54(58)67-55-38-44(42-19-12-10-13-20-42)27-36-57(55)69(60-41-48(66(7,8)9)40-59(68)62(60)67)56-35-28-45(37-53(56)43-21-14-11-15-22-43)50-24-18-25-52-51-23-16-17-26-61(51)70-63(50)52/h10-41H,1-9H3. The highest BCUT2D eigenvalue weighted by Crippen LogP contribution is 2.50. The van der Waals surface area contributed by atoms with Gasteiger partial charge in [0.05, 0.1) is 5.69 Å². The van der Waals surface area contributed by atoms with Gasteiger partial charge >= 0.3 is 0 Å². The Morgan fingerprint density at radius 2 is 0.943 bits per heavy atom. The minimum atomic E-state index is -0.156. The van der Waals surface area contributed by atoms with Gasteiger partial charge in [-0.3, -0.25) is 0 Å². The molecule has 2 aliphatic rings. The number of para-hydroxylation sites is 2. The third-order valence-electron chi connectivity index (χ3n) is 14.9. The number of furan rings is 1. The summed E-state index contributed by atoms with van der Waals surface area (Å²) < 4.78 is 6.67. The Kier molecular flexibility index (Phi) is 9.99. The van der Waals surface area contributed by atoms with Crippen molar-refractivity contribution in [1.82, 2.24) is 0 Å². The van der Waals surface area contributed by atoms with Crippen LogP contribution in [0.5, 0.6) is 0 Å². The molecule has 0 atom stereocenters. The third kappa shape index (κ3) is 7.18. The lowest BCUT2D eigenvalue weighted by Crippen LogP contribution is -2.61. The van der Waals surface area contributed by atoms with Crippen molar-refractivity contribution in [2.75, 3.05) is 9.80 Å². The molecular weight excluding hydrogens is 848 g/mol. The number of hydrogen-bond acceptors (Lipinski definition) is 3. The predicted octanol–water partition coefficient (Wildman–Crippen LogP) is 16.6. The van der Waals surface area contributed by atoms with Gasteiger partial charge in [0.15, 0.2) is 0 Å². The molecular formula is C66H59BN2O. The third-order valence-corrected chi connectivity index (χ3v) is 14.9. The van der Waals surface area contributed by atoms with Gasteiger partial charge in [-0.15, -0.1) is 0 Å². The van der Waals surface area contributed by atoms with Crippen LogP contribution < -0.4 is 26.2 Å². The summed E-state index contributed by atoms with van der Waals surface area (Å²) in [6.45, 7) is 20.9. The maximum atomic E-state index is 6.67. The Labute approximate surface area is 414 Å². The van der Waals surface area contributed by atoms with E-state index in [2.05, 4.69) is 260 Å². The quantitative estimate of drug-likeness (QED) is 0.160. The van der Waals surface area contributed by atoms with Crippen LogP contribution in [0, 0.1) is 0 Å². The highest BCUT2D eigenvalue weighted by molar-refractivity contribution is 7.00. The van der Waals surface area contributed by atoms with Gasteiger partial charge in [0, 0.05) is 50.3 Å². The molecule has 0 amide bonds. The smallest absolute Gasteiger partial charge is 0.252 e. The van der Waals surface area contributed by atoms with Crippen LogP contribution in [0.25, 0.3) is 55.3 Å². The second kappa shape index (κ2) is 16.0. The Morgan fingerprint density at radius 1 is 0.357 bits per heavy atom. The van der Waals surface area contributed by atoms with E-state index in [9.17, 15) is 0 Å². The lowest BCUT2D eigenvalue weighted by Gasteiger charge is -2.46. The van der Waals surface area contributed by atoms with Crippen LogP contribution in [0.3, 0.4) is 0 Å². The number of rotatable bonds is 5. The van der Waals surface area contributed by atoms with Gasteiger partial charge in [-0.25, -0.2) is 0 Å². The van der Waals surface area contributed by atoms with Crippen molar-refractivity contribution in [2.45, 2.75) is 78.6 Å². The summed E-state index contributed by atoms with van der Waals surface area (Å²) in [6.07, 6.45) is 0. The molecule has 0 aliphatic carbocycles. The van der Waals surface area contributed by atoms with Crippen LogP contribution in [-0.2, 0) is 16.2 Å². The molecule has 0 bridgehead atoms. The van der Waals surface area contributed by atoms with E-state index in [1.54, 1.807) is 0 Å². The average Bonchev–Trinajstić information content (AvgIpc) is 3.75. The number of fused-ring (bicyclic) bond motifs is 7. The fourth-order valence-corrected chi connectivity index (χ4v) is 11.1. The molecule has 0 saturated carbocycles. The maximum absolute atomic E-state index is 6.67. The molecule has 3 nitrogen and oxygen atoms in total. The topological polar surface area (TPSA) is 19.6 Å². The van der Waals surface area contributed by atoms with Crippen LogP contribution in [0.2, 0.25) is 0 Å². The van der Waals surface area contributed by atoms with Crippen molar-refractivity contribution in [2.24, 2.45) is 0 Å². The molecule has 0 saturated heterocycles. The Morgan fingerprint density at radius 3 is 1.64 bits per heavy atom. The molecule has 4 heteroatoms. The fraction of sp³-hybridized carbons (Fsp3) is 0.182. The molecule has 12 rings (SSSR count). The lowest BCUT2D eigenvalue weighted by molar-refractivity contribution is 0.589. The SMILES string of the molecule is CC(C)(C)c1ccc(N2c3cc(C(C)(C)C)ccc3B3c4cc(-c5ccccc5)ccc4N(c4ccc(-c5cccc6c5oc5ccccc56)cc4-c4ccccc4)c4cc(C(C)(C)C)cc2c43)cc1. The second-order valence-corrected chi connectivity index (χ2v) is 22.6. The first-order chi connectivity index (χ1) is 33.6. The first kappa shape index (κ1) is 43.7. The van der Waals surface area contributed by atoms with E-state index in [0.717, 1.165) is 55.6 Å². The first-order valence-electron chi connectivity index (χ1n) is 24.9. The number of nitrogens with zero attached hydrogens (tertiary/aromatic N) is 2. The molecule has 0 fully saturated rings. The number of benzene rings is 9. The maximum Gasteiger partial charge on any atom is 0.252 e. The minimum absolute atomic E-state index is 0.0272. The van der Waals surface area contributed by atoms with Crippen LogP contribution in [0.4, 0.5) is 34.1 Å². The molecule has 0 unspecified atom stereocenters. The van der Waals surface area contributed by atoms with E-state index in [4.69, 9.17) is 4.42 Å². The Bertz CT molecular complexity index is 3660. The van der Waals surface area contributed by atoms with Crippen molar-refractivity contribution >= 4 is 79.2 Å². The molecule has 1 aromatic heterocycles. The molecule has 0 radical (unpaired) electrons. The molecule has 3 heterocycles. The fourth-order valence-electron chi connectivity index (χ4n) is 11.1. The van der Waals surface area contributed by atoms with Crippen LogP contribution >= 0.6 is 0 Å². The van der Waals surface area contributed by atoms with Crippen LogP contribution in [0.15, 0.2) is 199 Å². The molecule has 0 spiro atoms. The first-order valence-corrected chi connectivity index (χ1v) is 24.9. The van der Waals surface area contributed by atoms with Gasteiger partial charge in [-0.1, -0.05) is 202 Å². The van der Waals surface area contributed by atoms with Crippen molar-refractivity contribution in [3.63, 3.8) is 0 Å². The number of anilines is 6. The Balaban J connectivity index is 1.17. The summed E-state index contributed by atoms with van der Waals surface area (Å²) >= 11 is 0. The summed E-state index contributed by atoms with van der Waals surface area (Å²) in [6, 6.07) is 72.7. The lowest BCUT2D eigenvalue weighted by atomic mass is 9.33. The van der Waals surface area contributed by atoms with E-state index in [1.807, 2.05) is 6.07 Å². The van der Waals surface area contributed by atoms with Crippen molar-refractivity contribution in [3.8, 4) is 33.4 Å². The molecule has 342 valence electrons. The normalized spacial score (nSPS) is 13.4. The minimum Gasteiger partial charge on any atom is -0.455 e. The predicted molar refractivity (Wildman–Crippen MR) is 300 cm³/mol. The highest BCUT2D eigenvalue weighted by atomic mass is 16.3. The summed E-state index contributed by atoms with van der Waals surface area (Å²) in [4.78, 5) is 5.18. The average molecular weight is 907 g/mol. The summed E-state index contributed by atoms with van der Waals surface area (Å²) in [5, 5.41) is 2.26. The van der Waals surface area contributed by atoms with Crippen molar-refractivity contribution in [1.29, 1.82) is 0 Å². The number of hydrogen-bond donors (Lipinski definition) is 0. The Hall–Kier alpha value is -7.56. The molecule has 0 N–H and O–H groups in total. The van der Waals surface area contributed by atoms with E-state index >= 15 is 0 Å². The van der Waals surface area contributed by atoms with Crippen LogP contribution in [-0.4, -0.2) is 6.71 Å². The van der Waals surface area contributed by atoms with E-state index in [0.29, 0.717) is 0 Å². The zero-order chi connectivity index (χ0) is 48.3. The zero-order valence-electron chi connectivity index (χ0n) is 41.9. The van der Waals surface area contributed by atoms with E-state index < -0.39 is 0 Å². The van der Waals surface area contributed by atoms with Gasteiger partial charge < -0.3 is 14.2 Å². The summed E-state index contributed by atoms with van der Waals surface area (Å²) in [5.74, 6) is 0. The second-order valence-electron chi connectivity index (χ2n) is 22.6. The van der Waals surface area contributed by atoms with Gasteiger partial charge in [0.2, 0.25) is 0 Å². The highest BCUT2D eigenvalue weighted by Gasteiger charge is 2.45. The monoisotopic (exact) mass is 906 g/mol. The van der Waals surface area contributed by atoms with E-state index in [1.165, 1.54) is 67.0 Å².